The van der Waals surface area contributed by atoms with Crippen LogP contribution in [0.3, 0.4) is 0 Å². The molecule has 2 aromatic carbocycles. The first-order valence-electron chi connectivity index (χ1n) is 11.0. The number of aryl methyl sites for hydroxylation is 2. The number of piperazine rings is 1. The van der Waals surface area contributed by atoms with Crippen LogP contribution in [0.15, 0.2) is 60.7 Å². The van der Waals surface area contributed by atoms with Crippen LogP contribution in [-0.4, -0.2) is 46.6 Å². The third-order valence-corrected chi connectivity index (χ3v) is 6.09. The van der Waals surface area contributed by atoms with Gasteiger partial charge in [0.2, 0.25) is 0 Å². The first-order chi connectivity index (χ1) is 15.5. The summed E-state index contributed by atoms with van der Waals surface area (Å²) in [6, 6.07) is 20.5. The van der Waals surface area contributed by atoms with Gasteiger partial charge in [-0.05, 0) is 51.1 Å². The standard InChI is InChI=1S/C26H27N5O/c1-18-5-4-6-22(15-18)24-17-25-27-19(2)16-26(31(25)28-24)30-13-11-29(12-14-30)23-9-7-21(8-10-23)20(3)32/h4-10,15-17H,11-14H2,1-3H3. The highest BCUT2D eigenvalue weighted by molar-refractivity contribution is 5.94. The molecular weight excluding hydrogens is 398 g/mol. The molecule has 0 radical (unpaired) electrons. The molecule has 0 bridgehead atoms. The van der Waals surface area contributed by atoms with Crippen molar-refractivity contribution in [3.8, 4) is 11.3 Å². The fourth-order valence-electron chi connectivity index (χ4n) is 4.35. The number of hydrogen-bond acceptors (Lipinski definition) is 5. The van der Waals surface area contributed by atoms with Crippen LogP contribution < -0.4 is 9.80 Å². The van der Waals surface area contributed by atoms with Gasteiger partial charge in [-0.3, -0.25) is 4.79 Å². The van der Waals surface area contributed by atoms with Crippen LogP contribution >= 0.6 is 0 Å². The maximum Gasteiger partial charge on any atom is 0.159 e. The molecule has 162 valence electrons. The SMILES string of the molecule is CC(=O)c1ccc(N2CCN(c3cc(C)nc4cc(-c5cccc(C)c5)nn34)CC2)cc1. The van der Waals surface area contributed by atoms with Crippen LogP contribution in [0, 0.1) is 13.8 Å². The normalized spacial score (nSPS) is 14.2. The number of fused-ring (bicyclic) bond motifs is 1. The molecule has 0 saturated carbocycles. The summed E-state index contributed by atoms with van der Waals surface area (Å²) in [4.78, 5) is 21.0. The Hall–Kier alpha value is -3.67. The highest BCUT2D eigenvalue weighted by Gasteiger charge is 2.21. The van der Waals surface area contributed by atoms with E-state index in [9.17, 15) is 4.79 Å². The third-order valence-electron chi connectivity index (χ3n) is 6.09. The maximum absolute atomic E-state index is 11.5. The van der Waals surface area contributed by atoms with Gasteiger partial charge in [0.25, 0.3) is 0 Å². The van der Waals surface area contributed by atoms with Crippen molar-refractivity contribution in [3.63, 3.8) is 0 Å². The Labute approximate surface area is 188 Å². The van der Waals surface area contributed by atoms with Crippen molar-refractivity contribution in [1.29, 1.82) is 0 Å². The van der Waals surface area contributed by atoms with Crippen LogP contribution in [0.1, 0.15) is 28.5 Å². The number of anilines is 2. The van der Waals surface area contributed by atoms with E-state index >= 15 is 0 Å². The number of hydrogen-bond donors (Lipinski definition) is 0. The fraction of sp³-hybridized carbons (Fsp3) is 0.269. The smallest absolute Gasteiger partial charge is 0.159 e. The van der Waals surface area contributed by atoms with Gasteiger partial charge in [0.1, 0.15) is 5.82 Å². The molecule has 0 amide bonds. The summed E-state index contributed by atoms with van der Waals surface area (Å²) in [6.07, 6.45) is 0. The van der Waals surface area contributed by atoms with E-state index in [4.69, 9.17) is 10.1 Å². The molecule has 1 aliphatic heterocycles. The Balaban J connectivity index is 1.40. The van der Waals surface area contributed by atoms with Gasteiger partial charge >= 0.3 is 0 Å². The lowest BCUT2D eigenvalue weighted by molar-refractivity contribution is 0.101. The molecule has 2 aromatic heterocycles. The number of rotatable bonds is 4. The molecule has 0 aliphatic carbocycles. The second kappa shape index (κ2) is 8.11. The van der Waals surface area contributed by atoms with Crippen molar-refractivity contribution in [1.82, 2.24) is 14.6 Å². The van der Waals surface area contributed by atoms with Crippen molar-refractivity contribution in [2.24, 2.45) is 0 Å². The molecule has 4 aromatic rings. The second-order valence-corrected chi connectivity index (χ2v) is 8.50. The zero-order valence-electron chi connectivity index (χ0n) is 18.7. The fourth-order valence-corrected chi connectivity index (χ4v) is 4.35. The van der Waals surface area contributed by atoms with Crippen LogP contribution in [0.4, 0.5) is 11.5 Å². The van der Waals surface area contributed by atoms with Gasteiger partial charge in [0, 0.05) is 60.8 Å². The molecule has 0 N–H and O–H groups in total. The van der Waals surface area contributed by atoms with Gasteiger partial charge < -0.3 is 9.80 Å². The molecule has 6 heteroatoms. The summed E-state index contributed by atoms with van der Waals surface area (Å²) in [6.45, 7) is 9.35. The van der Waals surface area contributed by atoms with E-state index in [1.54, 1.807) is 6.92 Å². The van der Waals surface area contributed by atoms with Crippen molar-refractivity contribution in [3.05, 3.63) is 77.5 Å². The molecule has 5 rings (SSSR count). The van der Waals surface area contributed by atoms with E-state index in [2.05, 4.69) is 53.1 Å². The van der Waals surface area contributed by atoms with Crippen molar-refractivity contribution in [2.45, 2.75) is 20.8 Å². The summed E-state index contributed by atoms with van der Waals surface area (Å²) in [5.74, 6) is 1.18. The summed E-state index contributed by atoms with van der Waals surface area (Å²) in [7, 11) is 0. The summed E-state index contributed by atoms with van der Waals surface area (Å²) >= 11 is 0. The van der Waals surface area contributed by atoms with Crippen molar-refractivity contribution >= 4 is 22.9 Å². The lowest BCUT2D eigenvalue weighted by atomic mass is 10.1. The van der Waals surface area contributed by atoms with E-state index in [1.165, 1.54) is 5.56 Å². The first-order valence-corrected chi connectivity index (χ1v) is 11.0. The van der Waals surface area contributed by atoms with Crippen molar-refractivity contribution < 1.29 is 4.79 Å². The molecule has 32 heavy (non-hydrogen) atoms. The van der Waals surface area contributed by atoms with Gasteiger partial charge in [0.15, 0.2) is 11.4 Å². The minimum atomic E-state index is 0.0997. The van der Waals surface area contributed by atoms with E-state index < -0.39 is 0 Å². The molecule has 1 saturated heterocycles. The molecule has 0 unspecified atom stereocenters. The summed E-state index contributed by atoms with van der Waals surface area (Å²) in [5.41, 5.74) is 7.05. The van der Waals surface area contributed by atoms with Crippen LogP contribution in [0.25, 0.3) is 16.9 Å². The molecule has 1 fully saturated rings. The molecule has 0 spiro atoms. The van der Waals surface area contributed by atoms with Crippen LogP contribution in [0.2, 0.25) is 0 Å². The predicted molar refractivity (Wildman–Crippen MR) is 129 cm³/mol. The molecular formula is C26H27N5O. The molecule has 6 nitrogen and oxygen atoms in total. The number of ketones is 1. The predicted octanol–water partition coefficient (Wildman–Crippen LogP) is 4.54. The van der Waals surface area contributed by atoms with Gasteiger partial charge in [-0.1, -0.05) is 23.8 Å². The molecule has 0 atom stereocenters. The number of nitrogens with zero attached hydrogens (tertiary/aromatic N) is 5. The Kier molecular flexibility index (Phi) is 5.13. The van der Waals surface area contributed by atoms with Crippen molar-refractivity contribution in [2.75, 3.05) is 36.0 Å². The maximum atomic E-state index is 11.5. The number of carbonyl (C=O) groups is 1. The highest BCUT2D eigenvalue weighted by Crippen LogP contribution is 2.26. The second-order valence-electron chi connectivity index (χ2n) is 8.50. The lowest BCUT2D eigenvalue weighted by Crippen LogP contribution is -2.47. The zero-order valence-corrected chi connectivity index (χ0v) is 18.7. The lowest BCUT2D eigenvalue weighted by Gasteiger charge is -2.37. The average molecular weight is 426 g/mol. The van der Waals surface area contributed by atoms with E-state index in [1.807, 2.05) is 35.7 Å². The van der Waals surface area contributed by atoms with Crippen LogP contribution in [0.5, 0.6) is 0 Å². The minimum absolute atomic E-state index is 0.0997. The highest BCUT2D eigenvalue weighted by atomic mass is 16.1. The number of aromatic nitrogens is 3. The third kappa shape index (κ3) is 3.84. The van der Waals surface area contributed by atoms with E-state index in [-0.39, 0.29) is 5.78 Å². The van der Waals surface area contributed by atoms with Gasteiger partial charge in [-0.15, -0.1) is 0 Å². The Morgan fingerprint density at radius 2 is 1.59 bits per heavy atom. The topological polar surface area (TPSA) is 53.7 Å². The Morgan fingerprint density at radius 1 is 0.875 bits per heavy atom. The largest absolute Gasteiger partial charge is 0.368 e. The molecule has 3 heterocycles. The monoisotopic (exact) mass is 425 g/mol. The first kappa shape index (κ1) is 20.2. The quantitative estimate of drug-likeness (QED) is 0.449. The van der Waals surface area contributed by atoms with E-state index in [0.717, 1.165) is 65.8 Å². The van der Waals surface area contributed by atoms with E-state index in [0.29, 0.717) is 0 Å². The molecule has 1 aliphatic rings. The summed E-state index contributed by atoms with van der Waals surface area (Å²) < 4.78 is 1.97. The summed E-state index contributed by atoms with van der Waals surface area (Å²) in [5, 5.41) is 4.91. The van der Waals surface area contributed by atoms with Gasteiger partial charge in [-0.25, -0.2) is 4.98 Å². The van der Waals surface area contributed by atoms with Crippen LogP contribution in [-0.2, 0) is 0 Å². The average Bonchev–Trinajstić information content (AvgIpc) is 3.23. The Morgan fingerprint density at radius 3 is 2.28 bits per heavy atom. The Bertz CT molecular complexity index is 1280. The number of carbonyl (C=O) groups excluding carboxylic acids is 1. The number of benzene rings is 2. The minimum Gasteiger partial charge on any atom is -0.368 e. The zero-order chi connectivity index (χ0) is 22.2. The van der Waals surface area contributed by atoms with Gasteiger partial charge in [0.05, 0.1) is 5.69 Å². The van der Waals surface area contributed by atoms with Gasteiger partial charge in [-0.2, -0.15) is 9.61 Å². The number of Topliss-reactive ketones (excluding diaryl/α,β-unsaturated/α-hetero) is 1.